The molecule has 3 aromatic rings. The number of benzene rings is 2. The lowest BCUT2D eigenvalue weighted by Gasteiger charge is -2.34. The number of aromatic amines is 1. The molecule has 25 heavy (non-hydrogen) atoms. The second-order valence-corrected chi connectivity index (χ2v) is 6.68. The summed E-state index contributed by atoms with van der Waals surface area (Å²) in [5, 5.41) is 0.723. The lowest BCUT2D eigenvalue weighted by Crippen LogP contribution is -2.39. The zero-order valence-electron chi connectivity index (χ0n) is 13.9. The van der Waals surface area contributed by atoms with Gasteiger partial charge >= 0.3 is 0 Å². The second-order valence-electron chi connectivity index (χ2n) is 6.24. The number of rotatable bonds is 4. The van der Waals surface area contributed by atoms with Crippen LogP contribution in [0.3, 0.4) is 0 Å². The number of imidazole rings is 1. The minimum atomic E-state index is 0.127. The Balaban J connectivity index is 1.57. The Morgan fingerprint density at radius 2 is 2.04 bits per heavy atom. The summed E-state index contributed by atoms with van der Waals surface area (Å²) in [5.41, 5.74) is 3.32. The number of nitrogens with one attached hydrogen (secondary N) is 1. The number of H-pyrrole nitrogens is 1. The molecule has 4 rings (SSSR count). The largest absolute Gasteiger partial charge is 0.378 e. The molecule has 4 nitrogen and oxygen atoms in total. The second kappa shape index (κ2) is 7.40. The summed E-state index contributed by atoms with van der Waals surface area (Å²) in [6.45, 7) is 3.19. The number of halogens is 1. The maximum absolute atomic E-state index is 6.10. The molecule has 5 heteroatoms. The van der Waals surface area contributed by atoms with Crippen LogP contribution in [-0.2, 0) is 11.3 Å². The van der Waals surface area contributed by atoms with Crippen LogP contribution in [0.5, 0.6) is 0 Å². The fourth-order valence-corrected chi connectivity index (χ4v) is 3.40. The normalized spacial score (nSPS) is 18.4. The highest BCUT2D eigenvalue weighted by Gasteiger charge is 2.27. The summed E-state index contributed by atoms with van der Waals surface area (Å²) >= 11 is 6.10. The highest BCUT2D eigenvalue weighted by atomic mass is 35.5. The minimum Gasteiger partial charge on any atom is -0.378 e. The molecule has 0 aliphatic carbocycles. The van der Waals surface area contributed by atoms with Crippen molar-refractivity contribution in [1.82, 2.24) is 14.9 Å². The number of morpholine rings is 1. The fraction of sp³-hybridized carbons (Fsp3) is 0.250. The summed E-state index contributed by atoms with van der Waals surface area (Å²) in [4.78, 5) is 10.5. The van der Waals surface area contributed by atoms with E-state index < -0.39 is 0 Å². The third-order valence-electron chi connectivity index (χ3n) is 4.51. The number of hydrogen-bond donors (Lipinski definition) is 1. The molecule has 128 valence electrons. The van der Waals surface area contributed by atoms with E-state index in [0.717, 1.165) is 41.8 Å². The third kappa shape index (κ3) is 3.76. The maximum Gasteiger partial charge on any atom is 0.126 e. The first-order chi connectivity index (χ1) is 12.3. The SMILES string of the molecule is Clc1cccc(-c2cnc(C3COCCN3Cc3ccccc3)[nH]2)c1. The summed E-state index contributed by atoms with van der Waals surface area (Å²) in [7, 11) is 0. The lowest BCUT2D eigenvalue weighted by atomic mass is 10.1. The van der Waals surface area contributed by atoms with Gasteiger partial charge in [0, 0.05) is 23.7 Å². The molecule has 1 unspecified atom stereocenters. The predicted molar refractivity (Wildman–Crippen MR) is 99.4 cm³/mol. The van der Waals surface area contributed by atoms with Gasteiger partial charge in [-0.05, 0) is 17.7 Å². The average molecular weight is 354 g/mol. The van der Waals surface area contributed by atoms with Crippen LogP contribution < -0.4 is 0 Å². The molecule has 1 aliphatic heterocycles. The molecule has 2 heterocycles. The van der Waals surface area contributed by atoms with Crippen LogP contribution >= 0.6 is 11.6 Å². The average Bonchev–Trinajstić information content (AvgIpc) is 3.13. The van der Waals surface area contributed by atoms with Crippen molar-refractivity contribution in [3.8, 4) is 11.3 Å². The van der Waals surface area contributed by atoms with Gasteiger partial charge in [-0.2, -0.15) is 0 Å². The monoisotopic (exact) mass is 353 g/mol. The molecule has 0 spiro atoms. The Morgan fingerprint density at radius 1 is 1.16 bits per heavy atom. The van der Waals surface area contributed by atoms with Crippen molar-refractivity contribution in [2.24, 2.45) is 0 Å². The van der Waals surface area contributed by atoms with Crippen molar-refractivity contribution in [3.05, 3.63) is 77.2 Å². The summed E-state index contributed by atoms with van der Waals surface area (Å²) in [6.07, 6.45) is 1.87. The Labute approximate surface area is 152 Å². The molecular formula is C20H20ClN3O. The molecule has 1 aromatic heterocycles. The summed E-state index contributed by atoms with van der Waals surface area (Å²) in [6, 6.07) is 18.4. The number of nitrogens with zero attached hydrogens (tertiary/aromatic N) is 2. The molecule has 1 atom stereocenters. The van der Waals surface area contributed by atoms with E-state index in [2.05, 4.69) is 39.1 Å². The van der Waals surface area contributed by atoms with E-state index in [-0.39, 0.29) is 6.04 Å². The molecule has 0 radical (unpaired) electrons. The standard InChI is InChI=1S/C20H20ClN3O/c21-17-8-4-7-16(11-17)18-12-22-20(23-18)19-14-25-10-9-24(19)13-15-5-2-1-3-6-15/h1-8,11-12,19H,9-10,13-14H2,(H,22,23). The van der Waals surface area contributed by atoms with Crippen LogP contribution in [0.25, 0.3) is 11.3 Å². The topological polar surface area (TPSA) is 41.1 Å². The van der Waals surface area contributed by atoms with E-state index in [1.165, 1.54) is 5.56 Å². The molecular weight excluding hydrogens is 334 g/mol. The first-order valence-electron chi connectivity index (χ1n) is 8.46. The van der Waals surface area contributed by atoms with Crippen molar-refractivity contribution in [1.29, 1.82) is 0 Å². The van der Waals surface area contributed by atoms with Gasteiger partial charge in [-0.15, -0.1) is 0 Å². The van der Waals surface area contributed by atoms with Gasteiger partial charge < -0.3 is 9.72 Å². The molecule has 0 amide bonds. The number of hydrogen-bond acceptors (Lipinski definition) is 3. The molecule has 0 bridgehead atoms. The zero-order chi connectivity index (χ0) is 17.1. The number of ether oxygens (including phenoxy) is 1. The molecule has 2 aromatic carbocycles. The molecule has 1 N–H and O–H groups in total. The smallest absolute Gasteiger partial charge is 0.126 e. The van der Waals surface area contributed by atoms with Crippen LogP contribution in [0.15, 0.2) is 60.8 Å². The Kier molecular flexibility index (Phi) is 4.83. The van der Waals surface area contributed by atoms with Crippen LogP contribution in [0.1, 0.15) is 17.4 Å². The van der Waals surface area contributed by atoms with Crippen molar-refractivity contribution in [2.75, 3.05) is 19.8 Å². The molecule has 0 saturated carbocycles. The van der Waals surface area contributed by atoms with Gasteiger partial charge in [0.15, 0.2) is 0 Å². The highest BCUT2D eigenvalue weighted by molar-refractivity contribution is 6.30. The number of aromatic nitrogens is 2. The summed E-state index contributed by atoms with van der Waals surface area (Å²) in [5.74, 6) is 0.936. The van der Waals surface area contributed by atoms with E-state index in [1.807, 2.05) is 36.5 Å². The quantitative estimate of drug-likeness (QED) is 0.760. The highest BCUT2D eigenvalue weighted by Crippen LogP contribution is 2.27. The van der Waals surface area contributed by atoms with Crippen molar-refractivity contribution in [2.45, 2.75) is 12.6 Å². The predicted octanol–water partition coefficient (Wildman–Crippen LogP) is 4.30. The Bertz CT molecular complexity index is 834. The third-order valence-corrected chi connectivity index (χ3v) is 4.75. The Morgan fingerprint density at radius 3 is 2.88 bits per heavy atom. The van der Waals surface area contributed by atoms with Crippen molar-refractivity contribution >= 4 is 11.6 Å². The van der Waals surface area contributed by atoms with Gasteiger partial charge in [-0.3, -0.25) is 4.90 Å². The van der Waals surface area contributed by atoms with Crippen LogP contribution in [0, 0.1) is 0 Å². The maximum atomic E-state index is 6.10. The van der Waals surface area contributed by atoms with E-state index >= 15 is 0 Å². The Hall–Kier alpha value is -2.14. The first kappa shape index (κ1) is 16.3. The van der Waals surface area contributed by atoms with Crippen molar-refractivity contribution < 1.29 is 4.74 Å². The van der Waals surface area contributed by atoms with Gasteiger partial charge in [-0.1, -0.05) is 54.1 Å². The van der Waals surface area contributed by atoms with Crippen LogP contribution in [-0.4, -0.2) is 34.6 Å². The van der Waals surface area contributed by atoms with Crippen LogP contribution in [0.2, 0.25) is 5.02 Å². The molecule has 1 aliphatic rings. The molecule has 1 fully saturated rings. The minimum absolute atomic E-state index is 0.127. The van der Waals surface area contributed by atoms with Gasteiger partial charge in [0.05, 0.1) is 31.1 Å². The van der Waals surface area contributed by atoms with E-state index in [9.17, 15) is 0 Å². The lowest BCUT2D eigenvalue weighted by molar-refractivity contribution is -0.0156. The molecule has 1 saturated heterocycles. The van der Waals surface area contributed by atoms with Gasteiger partial charge in [0.1, 0.15) is 5.82 Å². The summed E-state index contributed by atoms with van der Waals surface area (Å²) < 4.78 is 5.72. The van der Waals surface area contributed by atoms with Crippen LogP contribution in [0.4, 0.5) is 0 Å². The van der Waals surface area contributed by atoms with Gasteiger partial charge in [-0.25, -0.2) is 4.98 Å². The van der Waals surface area contributed by atoms with E-state index in [1.54, 1.807) is 0 Å². The van der Waals surface area contributed by atoms with Gasteiger partial charge in [0.25, 0.3) is 0 Å². The van der Waals surface area contributed by atoms with E-state index in [0.29, 0.717) is 6.61 Å². The first-order valence-corrected chi connectivity index (χ1v) is 8.84. The fourth-order valence-electron chi connectivity index (χ4n) is 3.21. The van der Waals surface area contributed by atoms with Crippen molar-refractivity contribution in [3.63, 3.8) is 0 Å². The van der Waals surface area contributed by atoms with Gasteiger partial charge in [0.2, 0.25) is 0 Å². The van der Waals surface area contributed by atoms with E-state index in [4.69, 9.17) is 16.3 Å². The zero-order valence-corrected chi connectivity index (χ0v) is 14.6.